The maximum absolute atomic E-state index is 12.2. The number of ketones is 1. The number of allylic oxidation sites excluding steroid dienone is 1. The summed E-state index contributed by atoms with van der Waals surface area (Å²) in [5.74, 6) is 0.954. The maximum Gasteiger partial charge on any atom is 0.308 e. The van der Waals surface area contributed by atoms with Gasteiger partial charge in [-0.25, -0.2) is 0 Å². The van der Waals surface area contributed by atoms with Crippen molar-refractivity contribution in [1.29, 1.82) is 0 Å². The molecule has 0 radical (unpaired) electrons. The number of carbonyl (C=O) groups is 2. The van der Waals surface area contributed by atoms with E-state index in [0.717, 1.165) is 0 Å². The number of rotatable bonds is 6. The molecule has 3 aromatic carbocycles. The number of ether oxygens (including phenoxy) is 2. The van der Waals surface area contributed by atoms with E-state index in [1.165, 1.54) is 13.0 Å². The fourth-order valence-corrected chi connectivity index (χ4v) is 2.45. The van der Waals surface area contributed by atoms with E-state index in [1.54, 1.807) is 48.5 Å². The van der Waals surface area contributed by atoms with Gasteiger partial charge >= 0.3 is 5.97 Å². The van der Waals surface area contributed by atoms with Crippen molar-refractivity contribution >= 4 is 17.8 Å². The predicted molar refractivity (Wildman–Crippen MR) is 104 cm³/mol. The maximum atomic E-state index is 12.2. The molecule has 0 N–H and O–H groups in total. The minimum atomic E-state index is -0.448. The normalized spacial score (nSPS) is 10.6. The van der Waals surface area contributed by atoms with E-state index < -0.39 is 5.97 Å². The van der Waals surface area contributed by atoms with Crippen molar-refractivity contribution in [2.24, 2.45) is 0 Å². The molecule has 0 aromatic heterocycles. The lowest BCUT2D eigenvalue weighted by Gasteiger charge is -2.10. The van der Waals surface area contributed by atoms with E-state index in [-0.39, 0.29) is 5.78 Å². The van der Waals surface area contributed by atoms with Crippen LogP contribution < -0.4 is 9.47 Å². The zero-order valence-electron chi connectivity index (χ0n) is 14.8. The second-order valence-corrected chi connectivity index (χ2v) is 5.77. The number of benzene rings is 3. The molecule has 0 aliphatic heterocycles. The van der Waals surface area contributed by atoms with Crippen LogP contribution in [0.15, 0.2) is 84.9 Å². The lowest BCUT2D eigenvalue weighted by molar-refractivity contribution is -0.131. The monoisotopic (exact) mass is 358 g/mol. The third-order valence-corrected chi connectivity index (χ3v) is 3.69. The lowest BCUT2D eigenvalue weighted by Crippen LogP contribution is -2.03. The minimum absolute atomic E-state index is 0.131. The highest BCUT2D eigenvalue weighted by atomic mass is 16.5. The van der Waals surface area contributed by atoms with Crippen LogP contribution in [0.1, 0.15) is 22.8 Å². The second kappa shape index (κ2) is 8.63. The van der Waals surface area contributed by atoms with E-state index in [0.29, 0.717) is 28.4 Å². The van der Waals surface area contributed by atoms with Gasteiger partial charge in [0.2, 0.25) is 0 Å². The van der Waals surface area contributed by atoms with E-state index in [1.807, 2.05) is 36.4 Å². The van der Waals surface area contributed by atoms with Gasteiger partial charge < -0.3 is 9.47 Å². The Hall–Kier alpha value is -3.66. The fourth-order valence-electron chi connectivity index (χ4n) is 2.45. The summed E-state index contributed by atoms with van der Waals surface area (Å²) in [4.78, 5) is 23.7. The third-order valence-electron chi connectivity index (χ3n) is 3.69. The molecule has 3 rings (SSSR count). The summed E-state index contributed by atoms with van der Waals surface area (Å²) in [5.41, 5.74) is 1.20. The van der Waals surface area contributed by atoms with E-state index in [4.69, 9.17) is 9.47 Å². The lowest BCUT2D eigenvalue weighted by atomic mass is 10.1. The minimum Gasteiger partial charge on any atom is -0.457 e. The summed E-state index contributed by atoms with van der Waals surface area (Å²) >= 11 is 0. The van der Waals surface area contributed by atoms with Crippen molar-refractivity contribution in [3.05, 3.63) is 96.1 Å². The highest BCUT2D eigenvalue weighted by Gasteiger charge is 2.08. The van der Waals surface area contributed by atoms with Gasteiger partial charge in [0, 0.05) is 24.1 Å². The number of carbonyl (C=O) groups excluding carboxylic acids is 2. The highest BCUT2D eigenvalue weighted by Crippen LogP contribution is 2.29. The molecule has 0 heterocycles. The van der Waals surface area contributed by atoms with Crippen LogP contribution in [0.25, 0.3) is 6.08 Å². The van der Waals surface area contributed by atoms with Crippen LogP contribution in [0.3, 0.4) is 0 Å². The molecular formula is C23H18O4. The Labute approximate surface area is 157 Å². The van der Waals surface area contributed by atoms with Crippen LogP contribution in [0.5, 0.6) is 17.2 Å². The largest absolute Gasteiger partial charge is 0.457 e. The molecule has 0 aliphatic rings. The van der Waals surface area contributed by atoms with E-state index in [2.05, 4.69) is 0 Å². The standard InChI is InChI=1S/C23H18O4/c1-17(24)26-23-16-21(27-20-10-6-3-7-11-20)14-12-19(23)13-15-22(25)18-8-4-2-5-9-18/h2-16H,1H3. The van der Waals surface area contributed by atoms with Gasteiger partial charge in [-0.05, 0) is 36.4 Å². The Balaban J connectivity index is 1.84. The molecule has 0 unspecified atom stereocenters. The van der Waals surface area contributed by atoms with Gasteiger partial charge in [-0.3, -0.25) is 9.59 Å². The molecular weight excluding hydrogens is 340 g/mol. The molecule has 0 spiro atoms. The summed E-state index contributed by atoms with van der Waals surface area (Å²) in [5, 5.41) is 0. The second-order valence-electron chi connectivity index (χ2n) is 5.77. The van der Waals surface area contributed by atoms with Crippen molar-refractivity contribution < 1.29 is 19.1 Å². The van der Waals surface area contributed by atoms with Crippen LogP contribution >= 0.6 is 0 Å². The first kappa shape index (κ1) is 18.1. The average Bonchev–Trinajstić information content (AvgIpc) is 2.68. The van der Waals surface area contributed by atoms with Crippen molar-refractivity contribution in [2.75, 3.05) is 0 Å². The topological polar surface area (TPSA) is 52.6 Å². The predicted octanol–water partition coefficient (Wildman–Crippen LogP) is 5.30. The third kappa shape index (κ3) is 5.16. The molecule has 0 aliphatic carbocycles. The molecule has 0 atom stereocenters. The summed E-state index contributed by atoms with van der Waals surface area (Å²) < 4.78 is 11.0. The first-order valence-electron chi connectivity index (χ1n) is 8.44. The molecule has 27 heavy (non-hydrogen) atoms. The van der Waals surface area contributed by atoms with Gasteiger partial charge in [0.1, 0.15) is 17.2 Å². The smallest absolute Gasteiger partial charge is 0.308 e. The van der Waals surface area contributed by atoms with Crippen LogP contribution in [0.2, 0.25) is 0 Å². The number of hydrogen-bond acceptors (Lipinski definition) is 4. The zero-order chi connectivity index (χ0) is 19.1. The van der Waals surface area contributed by atoms with E-state index >= 15 is 0 Å². The van der Waals surface area contributed by atoms with Crippen LogP contribution in [0, 0.1) is 0 Å². The van der Waals surface area contributed by atoms with E-state index in [9.17, 15) is 9.59 Å². The SMILES string of the molecule is CC(=O)Oc1cc(Oc2ccccc2)ccc1C=CC(=O)c1ccccc1. The van der Waals surface area contributed by atoms with Gasteiger partial charge in [-0.1, -0.05) is 48.5 Å². The zero-order valence-corrected chi connectivity index (χ0v) is 14.8. The summed E-state index contributed by atoms with van der Waals surface area (Å²) in [6.07, 6.45) is 3.08. The Bertz CT molecular complexity index is 960. The van der Waals surface area contributed by atoms with Gasteiger partial charge in [0.05, 0.1) is 0 Å². The summed E-state index contributed by atoms with van der Waals surface area (Å²) in [6.45, 7) is 1.33. The Kier molecular flexibility index (Phi) is 5.80. The van der Waals surface area contributed by atoms with Gasteiger partial charge in [-0.15, -0.1) is 0 Å². The number of para-hydroxylation sites is 1. The van der Waals surface area contributed by atoms with Crippen LogP contribution in [0.4, 0.5) is 0 Å². The molecule has 3 aromatic rings. The summed E-state index contributed by atoms with van der Waals surface area (Å²) in [6, 6.07) is 23.4. The van der Waals surface area contributed by atoms with Gasteiger partial charge in [-0.2, -0.15) is 0 Å². The van der Waals surface area contributed by atoms with Crippen molar-refractivity contribution in [1.82, 2.24) is 0 Å². The quantitative estimate of drug-likeness (QED) is 0.260. The van der Waals surface area contributed by atoms with Crippen molar-refractivity contribution in [3.8, 4) is 17.2 Å². The fraction of sp³-hybridized carbons (Fsp3) is 0.0435. The Morgan fingerprint density at radius 3 is 2.15 bits per heavy atom. The Morgan fingerprint density at radius 2 is 1.48 bits per heavy atom. The molecule has 0 amide bonds. The van der Waals surface area contributed by atoms with Gasteiger partial charge in [0.25, 0.3) is 0 Å². The molecule has 4 heteroatoms. The van der Waals surface area contributed by atoms with Crippen molar-refractivity contribution in [2.45, 2.75) is 6.92 Å². The molecule has 0 saturated carbocycles. The molecule has 0 bridgehead atoms. The van der Waals surface area contributed by atoms with Crippen LogP contribution in [-0.4, -0.2) is 11.8 Å². The van der Waals surface area contributed by atoms with Gasteiger partial charge in [0.15, 0.2) is 5.78 Å². The highest BCUT2D eigenvalue weighted by molar-refractivity contribution is 6.06. The van der Waals surface area contributed by atoms with Crippen molar-refractivity contribution in [3.63, 3.8) is 0 Å². The molecule has 0 fully saturated rings. The first-order valence-corrected chi connectivity index (χ1v) is 8.44. The number of hydrogen-bond donors (Lipinski definition) is 0. The Morgan fingerprint density at radius 1 is 0.815 bits per heavy atom. The number of esters is 1. The average molecular weight is 358 g/mol. The summed E-state index contributed by atoms with van der Waals surface area (Å²) in [7, 11) is 0. The first-order chi connectivity index (χ1) is 13.1. The molecule has 134 valence electrons. The molecule has 4 nitrogen and oxygen atoms in total. The molecule has 0 saturated heterocycles. The van der Waals surface area contributed by atoms with Crippen LogP contribution in [-0.2, 0) is 4.79 Å².